The van der Waals surface area contributed by atoms with Crippen molar-refractivity contribution >= 4 is 11.9 Å². The second kappa shape index (κ2) is 13.2. The average Bonchev–Trinajstić information content (AvgIpc) is 2.63. The summed E-state index contributed by atoms with van der Waals surface area (Å²) in [6.07, 6.45) is 12.7. The van der Waals surface area contributed by atoms with Gasteiger partial charge in [0, 0.05) is 6.42 Å². The van der Waals surface area contributed by atoms with Crippen molar-refractivity contribution in [2.75, 3.05) is 13.2 Å². The number of hydrogen-bond donors (Lipinski definition) is 0. The fraction of sp³-hybridized carbons (Fsp3) is 0.913. The van der Waals surface area contributed by atoms with Gasteiger partial charge in [-0.25, -0.2) is 0 Å². The van der Waals surface area contributed by atoms with Gasteiger partial charge in [-0.05, 0) is 30.6 Å². The van der Waals surface area contributed by atoms with Crippen molar-refractivity contribution in [3.63, 3.8) is 0 Å². The van der Waals surface area contributed by atoms with Crippen molar-refractivity contribution in [1.82, 2.24) is 0 Å². The minimum absolute atomic E-state index is 0.0833. The molecule has 4 heteroatoms. The Morgan fingerprint density at radius 1 is 0.815 bits per heavy atom. The lowest BCUT2D eigenvalue weighted by Gasteiger charge is -2.50. The molecule has 0 radical (unpaired) electrons. The Kier molecular flexibility index (Phi) is 11.7. The highest BCUT2D eigenvalue weighted by Crippen LogP contribution is 2.53. The van der Waals surface area contributed by atoms with Crippen molar-refractivity contribution in [3.8, 4) is 0 Å². The zero-order chi connectivity index (χ0) is 20.1. The highest BCUT2D eigenvalue weighted by Gasteiger charge is 2.53. The number of unbranched alkanes of at least 4 members (excludes halogenated alkanes) is 8. The molecule has 2 atom stereocenters. The van der Waals surface area contributed by atoms with Crippen molar-refractivity contribution in [2.45, 2.75) is 105 Å². The highest BCUT2D eigenvalue weighted by atomic mass is 16.5. The van der Waals surface area contributed by atoms with Gasteiger partial charge >= 0.3 is 11.9 Å². The summed E-state index contributed by atoms with van der Waals surface area (Å²) in [6.45, 7) is 9.59. The summed E-state index contributed by atoms with van der Waals surface area (Å²) in [6, 6.07) is 0. The number of carbonyl (C=O) groups excluding carboxylic acids is 2. The average molecular weight is 383 g/mol. The van der Waals surface area contributed by atoms with Crippen LogP contribution >= 0.6 is 0 Å². The summed E-state index contributed by atoms with van der Waals surface area (Å²) in [5, 5.41) is 0. The molecule has 0 saturated heterocycles. The van der Waals surface area contributed by atoms with Crippen molar-refractivity contribution in [2.24, 2.45) is 17.3 Å². The molecule has 1 aliphatic carbocycles. The van der Waals surface area contributed by atoms with Gasteiger partial charge in [0.2, 0.25) is 0 Å². The molecule has 1 saturated carbocycles. The van der Waals surface area contributed by atoms with Crippen LogP contribution in [-0.2, 0) is 19.1 Å². The van der Waals surface area contributed by atoms with Gasteiger partial charge in [0.1, 0.15) is 0 Å². The Labute approximate surface area is 166 Å². The van der Waals surface area contributed by atoms with Gasteiger partial charge in [-0.3, -0.25) is 9.59 Å². The normalized spacial score (nSPS) is 20.7. The first-order chi connectivity index (χ1) is 12.9. The molecule has 1 fully saturated rings. The molecule has 0 heterocycles. The van der Waals surface area contributed by atoms with Crippen LogP contribution in [-0.4, -0.2) is 25.2 Å². The van der Waals surface area contributed by atoms with E-state index >= 15 is 0 Å². The summed E-state index contributed by atoms with van der Waals surface area (Å²) in [4.78, 5) is 24.4. The Morgan fingerprint density at radius 2 is 1.33 bits per heavy atom. The second-order valence-electron chi connectivity index (χ2n) is 8.73. The van der Waals surface area contributed by atoms with E-state index in [2.05, 4.69) is 27.7 Å². The van der Waals surface area contributed by atoms with E-state index in [9.17, 15) is 9.59 Å². The fourth-order valence-electron chi connectivity index (χ4n) is 3.89. The molecular formula is C23H42O4. The van der Waals surface area contributed by atoms with Crippen LogP contribution in [0.5, 0.6) is 0 Å². The Morgan fingerprint density at radius 3 is 1.85 bits per heavy atom. The van der Waals surface area contributed by atoms with Crippen LogP contribution in [0.2, 0.25) is 0 Å². The third kappa shape index (κ3) is 8.66. The maximum Gasteiger partial charge on any atom is 0.309 e. The number of carbonyl (C=O) groups is 2. The van der Waals surface area contributed by atoms with Crippen LogP contribution in [0.15, 0.2) is 0 Å². The van der Waals surface area contributed by atoms with E-state index in [0.717, 1.165) is 32.1 Å². The van der Waals surface area contributed by atoms with Crippen LogP contribution in [0.1, 0.15) is 105 Å². The van der Waals surface area contributed by atoms with Crippen LogP contribution in [0.25, 0.3) is 0 Å². The van der Waals surface area contributed by atoms with Gasteiger partial charge in [0.05, 0.1) is 19.1 Å². The molecule has 0 aromatic carbocycles. The molecule has 0 aromatic heterocycles. The Bertz CT molecular complexity index is 430. The topological polar surface area (TPSA) is 52.6 Å². The molecule has 0 spiro atoms. The molecule has 1 aliphatic rings. The van der Waals surface area contributed by atoms with Crippen molar-refractivity contribution in [1.29, 1.82) is 0 Å². The Balaban J connectivity index is 2.18. The molecule has 0 N–H and O–H groups in total. The third-order valence-corrected chi connectivity index (χ3v) is 6.17. The number of esters is 2. The summed E-state index contributed by atoms with van der Waals surface area (Å²) < 4.78 is 10.8. The summed E-state index contributed by atoms with van der Waals surface area (Å²) in [7, 11) is 0. The van der Waals surface area contributed by atoms with E-state index in [4.69, 9.17) is 9.47 Å². The zero-order valence-corrected chi connectivity index (χ0v) is 18.2. The SMILES string of the molecule is CCCCCCCOC(=O)CC1CC(C(=O)OCCCCCCC)C1(C)C. The van der Waals surface area contributed by atoms with Crippen molar-refractivity contribution in [3.05, 3.63) is 0 Å². The first kappa shape index (κ1) is 24.0. The van der Waals surface area contributed by atoms with E-state index in [1.165, 1.54) is 38.5 Å². The van der Waals surface area contributed by atoms with E-state index in [0.29, 0.717) is 19.6 Å². The summed E-state index contributed by atoms with van der Waals surface area (Å²) >= 11 is 0. The minimum atomic E-state index is -0.181. The van der Waals surface area contributed by atoms with Gasteiger partial charge in [-0.1, -0.05) is 79.1 Å². The van der Waals surface area contributed by atoms with Crippen LogP contribution < -0.4 is 0 Å². The van der Waals surface area contributed by atoms with Crippen LogP contribution in [0.3, 0.4) is 0 Å². The van der Waals surface area contributed by atoms with Gasteiger partial charge in [-0.15, -0.1) is 0 Å². The van der Waals surface area contributed by atoms with E-state index in [1.807, 2.05) is 0 Å². The predicted octanol–water partition coefficient (Wildman–Crippen LogP) is 6.07. The summed E-state index contributed by atoms with van der Waals surface area (Å²) in [5.41, 5.74) is -0.181. The molecule has 1 rings (SSSR count). The monoisotopic (exact) mass is 382 g/mol. The zero-order valence-electron chi connectivity index (χ0n) is 18.2. The largest absolute Gasteiger partial charge is 0.466 e. The Hall–Kier alpha value is -1.06. The van der Waals surface area contributed by atoms with Gasteiger partial charge in [0.15, 0.2) is 0 Å². The van der Waals surface area contributed by atoms with Crippen LogP contribution in [0.4, 0.5) is 0 Å². The first-order valence-electron chi connectivity index (χ1n) is 11.3. The third-order valence-electron chi connectivity index (χ3n) is 6.17. The predicted molar refractivity (Wildman–Crippen MR) is 109 cm³/mol. The van der Waals surface area contributed by atoms with Crippen molar-refractivity contribution < 1.29 is 19.1 Å². The smallest absolute Gasteiger partial charge is 0.309 e. The fourth-order valence-corrected chi connectivity index (χ4v) is 3.89. The van der Waals surface area contributed by atoms with E-state index < -0.39 is 0 Å². The van der Waals surface area contributed by atoms with Gasteiger partial charge in [-0.2, -0.15) is 0 Å². The van der Waals surface area contributed by atoms with Gasteiger partial charge < -0.3 is 9.47 Å². The molecule has 0 aromatic rings. The molecule has 4 nitrogen and oxygen atoms in total. The molecule has 158 valence electrons. The lowest BCUT2D eigenvalue weighted by molar-refractivity contribution is -0.170. The van der Waals surface area contributed by atoms with E-state index in [1.54, 1.807) is 0 Å². The molecule has 2 unspecified atom stereocenters. The second-order valence-corrected chi connectivity index (χ2v) is 8.73. The maximum atomic E-state index is 12.3. The standard InChI is InChI=1S/C23H42O4/c1-5-7-9-11-13-15-26-21(24)18-19-17-20(23(19,3)4)22(25)27-16-14-12-10-8-6-2/h19-20H,5-18H2,1-4H3. The number of ether oxygens (including phenoxy) is 2. The molecular weight excluding hydrogens is 340 g/mol. The summed E-state index contributed by atoms with van der Waals surface area (Å²) in [5.74, 6) is -0.0745. The molecule has 0 amide bonds. The lowest BCUT2D eigenvalue weighted by atomic mass is 9.54. The first-order valence-corrected chi connectivity index (χ1v) is 11.3. The van der Waals surface area contributed by atoms with E-state index in [-0.39, 0.29) is 29.2 Å². The highest BCUT2D eigenvalue weighted by molar-refractivity contribution is 5.76. The molecule has 0 bridgehead atoms. The molecule has 27 heavy (non-hydrogen) atoms. The van der Waals surface area contributed by atoms with Crippen LogP contribution in [0, 0.1) is 17.3 Å². The number of rotatable bonds is 15. The molecule has 0 aliphatic heterocycles. The minimum Gasteiger partial charge on any atom is -0.466 e. The number of hydrogen-bond acceptors (Lipinski definition) is 4. The quantitative estimate of drug-likeness (QED) is 0.255. The van der Waals surface area contributed by atoms with Gasteiger partial charge in [0.25, 0.3) is 0 Å². The lowest BCUT2D eigenvalue weighted by Crippen LogP contribution is -2.50. The maximum absolute atomic E-state index is 12.3.